The third kappa shape index (κ3) is 3.13. The van der Waals surface area contributed by atoms with Gasteiger partial charge in [-0.3, -0.25) is 4.79 Å². The molecule has 3 rings (SSSR count). The molecular formula is C16H11IN2O2. The molecule has 0 aliphatic carbocycles. The predicted molar refractivity (Wildman–Crippen MR) is 90.8 cm³/mol. The van der Waals surface area contributed by atoms with Gasteiger partial charge >= 0.3 is 0 Å². The monoisotopic (exact) mass is 390 g/mol. The summed E-state index contributed by atoms with van der Waals surface area (Å²) in [5, 5.41) is 3.07. The van der Waals surface area contributed by atoms with Crippen LogP contribution in [0.3, 0.4) is 0 Å². The van der Waals surface area contributed by atoms with Gasteiger partial charge in [-0.1, -0.05) is 12.1 Å². The molecule has 0 saturated carbocycles. The molecule has 0 saturated heterocycles. The van der Waals surface area contributed by atoms with Crippen molar-refractivity contribution in [2.24, 2.45) is 0 Å². The summed E-state index contributed by atoms with van der Waals surface area (Å²) in [5.74, 6) is 0.309. The molecule has 0 aliphatic heterocycles. The zero-order valence-corrected chi connectivity index (χ0v) is 13.1. The Balaban J connectivity index is 1.88. The van der Waals surface area contributed by atoms with Crippen LogP contribution >= 0.6 is 22.6 Å². The van der Waals surface area contributed by atoms with Crippen LogP contribution < -0.4 is 5.32 Å². The van der Waals surface area contributed by atoms with Crippen molar-refractivity contribution >= 4 is 51.2 Å². The molecular weight excluding hydrogens is 379 g/mol. The molecule has 0 unspecified atom stereocenters. The van der Waals surface area contributed by atoms with Crippen LogP contribution in [0.5, 0.6) is 0 Å². The molecule has 4 nitrogen and oxygen atoms in total. The number of para-hydroxylation sites is 2. The van der Waals surface area contributed by atoms with Gasteiger partial charge in [0.1, 0.15) is 5.52 Å². The highest BCUT2D eigenvalue weighted by Crippen LogP contribution is 2.20. The first kappa shape index (κ1) is 13.8. The van der Waals surface area contributed by atoms with Crippen molar-refractivity contribution in [1.29, 1.82) is 0 Å². The van der Waals surface area contributed by atoms with Crippen LogP contribution in [0.2, 0.25) is 0 Å². The molecule has 0 spiro atoms. The van der Waals surface area contributed by atoms with Crippen LogP contribution in [-0.4, -0.2) is 11.3 Å². The van der Waals surface area contributed by atoms with E-state index in [0.717, 1.165) is 21.1 Å². The molecule has 1 aromatic heterocycles. The van der Waals surface area contributed by atoms with Crippen molar-refractivity contribution in [2.75, 3.05) is 5.32 Å². The van der Waals surface area contributed by atoms with Crippen LogP contribution in [0.25, 0.3) is 16.7 Å². The third-order valence-electron chi connectivity index (χ3n) is 2.91. The van der Waals surface area contributed by atoms with Crippen molar-refractivity contribution in [1.82, 2.24) is 4.98 Å². The number of halogens is 1. The molecule has 21 heavy (non-hydrogen) atoms. The fraction of sp³-hybridized carbons (Fsp3) is 0. The number of rotatable bonds is 4. The van der Waals surface area contributed by atoms with Gasteiger partial charge in [0.15, 0.2) is 11.9 Å². The maximum atomic E-state index is 11.2. The van der Waals surface area contributed by atoms with E-state index in [1.165, 1.54) is 0 Å². The Hall–Kier alpha value is -2.15. The van der Waals surface area contributed by atoms with Gasteiger partial charge in [0.25, 0.3) is 0 Å². The molecule has 1 N–H and O–H groups in total. The van der Waals surface area contributed by atoms with Crippen LogP contribution in [0.4, 0.5) is 5.69 Å². The number of nitrogens with one attached hydrogen (secondary N) is 1. The smallest absolute Gasteiger partial charge is 0.232 e. The van der Waals surface area contributed by atoms with E-state index < -0.39 is 0 Å². The van der Waals surface area contributed by atoms with Crippen LogP contribution in [0.15, 0.2) is 59.1 Å². The van der Waals surface area contributed by atoms with Crippen molar-refractivity contribution in [2.45, 2.75) is 0 Å². The maximum Gasteiger partial charge on any atom is 0.232 e. The van der Waals surface area contributed by atoms with Gasteiger partial charge < -0.3 is 9.73 Å². The summed E-state index contributed by atoms with van der Waals surface area (Å²) >= 11 is 2.24. The normalized spacial score (nSPS) is 11.6. The predicted octanol–water partition coefficient (Wildman–Crippen LogP) is 4.08. The second kappa shape index (κ2) is 6.09. The molecule has 0 aliphatic rings. The Morgan fingerprint density at radius 1 is 1.14 bits per heavy atom. The Labute approximate surface area is 135 Å². The number of anilines is 1. The van der Waals surface area contributed by atoms with E-state index >= 15 is 0 Å². The number of aromatic nitrogens is 1. The lowest BCUT2D eigenvalue weighted by Crippen LogP contribution is -1.93. The molecule has 1 heterocycles. The van der Waals surface area contributed by atoms with E-state index in [4.69, 9.17) is 4.42 Å². The number of carbonyl (C=O) groups excluding carboxylic acids is 1. The van der Waals surface area contributed by atoms with Crippen molar-refractivity contribution in [3.63, 3.8) is 0 Å². The van der Waals surface area contributed by atoms with E-state index in [1.54, 1.807) is 6.20 Å². The number of carbonyl (C=O) groups is 1. The van der Waals surface area contributed by atoms with Gasteiger partial charge in [0.2, 0.25) is 5.89 Å². The van der Waals surface area contributed by atoms with E-state index in [0.29, 0.717) is 17.0 Å². The lowest BCUT2D eigenvalue weighted by atomic mass is 10.3. The first-order valence-electron chi connectivity index (χ1n) is 6.29. The highest BCUT2D eigenvalue weighted by molar-refractivity contribution is 14.1. The number of hydrogen-bond acceptors (Lipinski definition) is 4. The Morgan fingerprint density at radius 2 is 1.90 bits per heavy atom. The maximum absolute atomic E-state index is 11.2. The SMILES string of the molecule is O=C/C(=C\Nc1ccc(I)cc1)c1nc2ccccc2o1. The van der Waals surface area contributed by atoms with Crippen molar-refractivity contribution in [3.8, 4) is 0 Å². The van der Waals surface area contributed by atoms with Gasteiger partial charge in [0, 0.05) is 15.5 Å². The zero-order chi connectivity index (χ0) is 14.7. The van der Waals surface area contributed by atoms with E-state index in [9.17, 15) is 4.79 Å². The Morgan fingerprint density at radius 3 is 2.62 bits per heavy atom. The number of aldehydes is 1. The standard InChI is InChI=1S/C16H11IN2O2/c17-12-5-7-13(8-6-12)18-9-11(10-20)16-19-14-3-1-2-4-15(14)21-16/h1-10,18H/b11-9+. The molecule has 0 fully saturated rings. The summed E-state index contributed by atoms with van der Waals surface area (Å²) in [6, 6.07) is 15.2. The minimum atomic E-state index is 0.309. The minimum absolute atomic E-state index is 0.309. The number of fused-ring (bicyclic) bond motifs is 1. The molecule has 104 valence electrons. The topological polar surface area (TPSA) is 55.1 Å². The molecule has 0 amide bonds. The van der Waals surface area contributed by atoms with Gasteiger partial charge in [-0.2, -0.15) is 0 Å². The summed E-state index contributed by atoms with van der Waals surface area (Å²) < 4.78 is 6.73. The number of nitrogens with zero attached hydrogens (tertiary/aromatic N) is 1. The third-order valence-corrected chi connectivity index (χ3v) is 3.63. The molecule has 5 heteroatoms. The summed E-state index contributed by atoms with van der Waals surface area (Å²) in [4.78, 5) is 15.6. The molecule has 0 bridgehead atoms. The minimum Gasteiger partial charge on any atom is -0.436 e. The molecule has 2 aromatic carbocycles. The quantitative estimate of drug-likeness (QED) is 0.414. The zero-order valence-electron chi connectivity index (χ0n) is 10.9. The van der Waals surface area contributed by atoms with Gasteiger partial charge in [-0.05, 0) is 59.0 Å². The molecule has 0 atom stereocenters. The van der Waals surface area contributed by atoms with Gasteiger partial charge in [0.05, 0.1) is 5.57 Å². The van der Waals surface area contributed by atoms with E-state index in [-0.39, 0.29) is 0 Å². The molecule has 3 aromatic rings. The van der Waals surface area contributed by atoms with E-state index in [1.807, 2.05) is 48.5 Å². The molecule has 0 radical (unpaired) electrons. The largest absolute Gasteiger partial charge is 0.436 e. The first-order valence-corrected chi connectivity index (χ1v) is 7.37. The van der Waals surface area contributed by atoms with Gasteiger partial charge in [-0.15, -0.1) is 0 Å². The Kier molecular flexibility index (Phi) is 4.01. The highest BCUT2D eigenvalue weighted by atomic mass is 127. The van der Waals surface area contributed by atoms with Crippen LogP contribution in [0.1, 0.15) is 5.89 Å². The lowest BCUT2D eigenvalue weighted by molar-refractivity contribution is -0.103. The summed E-state index contributed by atoms with van der Waals surface area (Å²) in [5.41, 5.74) is 2.65. The number of hydrogen-bond donors (Lipinski definition) is 1. The summed E-state index contributed by atoms with van der Waals surface area (Å²) in [6.45, 7) is 0. The number of allylic oxidation sites excluding steroid dienone is 1. The number of oxazole rings is 1. The highest BCUT2D eigenvalue weighted by Gasteiger charge is 2.09. The van der Waals surface area contributed by atoms with Crippen molar-refractivity contribution in [3.05, 3.63) is 64.2 Å². The average Bonchev–Trinajstić information content (AvgIpc) is 2.93. The fourth-order valence-corrected chi connectivity index (χ4v) is 2.21. The Bertz CT molecular complexity index is 774. The van der Waals surface area contributed by atoms with E-state index in [2.05, 4.69) is 32.9 Å². The van der Waals surface area contributed by atoms with Crippen LogP contribution in [-0.2, 0) is 4.79 Å². The lowest BCUT2D eigenvalue weighted by Gasteiger charge is -2.01. The van der Waals surface area contributed by atoms with Crippen LogP contribution in [0, 0.1) is 3.57 Å². The number of benzene rings is 2. The summed E-state index contributed by atoms with van der Waals surface area (Å²) in [6.07, 6.45) is 2.32. The van der Waals surface area contributed by atoms with Crippen molar-refractivity contribution < 1.29 is 9.21 Å². The average molecular weight is 390 g/mol. The first-order chi connectivity index (χ1) is 10.3. The second-order valence-electron chi connectivity index (χ2n) is 4.36. The summed E-state index contributed by atoms with van der Waals surface area (Å²) in [7, 11) is 0. The fourth-order valence-electron chi connectivity index (χ4n) is 1.85. The van der Waals surface area contributed by atoms with Gasteiger partial charge in [-0.25, -0.2) is 4.98 Å². The second-order valence-corrected chi connectivity index (χ2v) is 5.60.